The number of hydrogen-bond donors (Lipinski definition) is 4. The monoisotopic (exact) mass is 824 g/mol. The number of fused-ring (bicyclic) bond motifs is 8. The molecule has 0 saturated heterocycles. The summed E-state index contributed by atoms with van der Waals surface area (Å²) < 4.78 is 0. The molecular formula is C52H76BN8-. The van der Waals surface area contributed by atoms with E-state index in [9.17, 15) is 0 Å². The molecule has 9 heteroatoms. The van der Waals surface area contributed by atoms with Gasteiger partial charge in [0.1, 0.15) is 0 Å². The molecular weight excluding hydrogens is 747 g/mol. The Morgan fingerprint density at radius 1 is 0.377 bits per heavy atom. The summed E-state index contributed by atoms with van der Waals surface area (Å²) in [6, 6.07) is 0. The van der Waals surface area contributed by atoms with Crippen molar-refractivity contribution in [2.75, 3.05) is 0 Å². The third kappa shape index (κ3) is 4.42. The second-order valence-corrected chi connectivity index (χ2v) is 26.7. The van der Waals surface area contributed by atoms with E-state index < -0.39 is 6.15 Å². The Balaban J connectivity index is 1.19. The van der Waals surface area contributed by atoms with Gasteiger partial charge in [0, 0.05) is 24.8 Å². The smallest absolute Gasteiger partial charge is 0.198 e. The topological polar surface area (TPSA) is 115 Å². The lowest BCUT2D eigenvalue weighted by molar-refractivity contribution is -0.115. The molecule has 12 unspecified atom stereocenters. The zero-order valence-corrected chi connectivity index (χ0v) is 39.8. The molecule has 328 valence electrons. The molecule has 12 saturated carbocycles. The van der Waals surface area contributed by atoms with Crippen LogP contribution in [0.2, 0.25) is 0 Å². The van der Waals surface area contributed by atoms with Gasteiger partial charge in [-0.3, -0.25) is 20.4 Å². The Labute approximate surface area is 365 Å². The van der Waals surface area contributed by atoms with E-state index >= 15 is 0 Å². The van der Waals surface area contributed by atoms with Crippen molar-refractivity contribution in [1.82, 2.24) is 40.8 Å². The molecule has 4 N–H and O–H groups in total. The molecule has 0 amide bonds. The zero-order valence-electron chi connectivity index (χ0n) is 39.8. The molecule has 12 atom stereocenters. The Hall–Kier alpha value is -3.10. The SMILES string of the molecule is CC1(c2c[nH]nc2[B-](c2n[nH]cc2C2(C)CCC3CC2C3(C)C)(c2n[nH]cc2C2(C)CCC3CC2C3(C)C)c2n[nH]cc2C2(C)CCC3CC2C3(C)C)CCC2CC1C2(C)C. The van der Waals surface area contributed by atoms with Gasteiger partial charge in [0.2, 0.25) is 0 Å². The summed E-state index contributed by atoms with van der Waals surface area (Å²) in [6.45, 7) is 30.8. The van der Waals surface area contributed by atoms with Crippen LogP contribution in [0.15, 0.2) is 24.8 Å². The molecule has 16 rings (SSSR count). The summed E-state index contributed by atoms with van der Waals surface area (Å²) in [4.78, 5) is 0. The molecule has 8 nitrogen and oxygen atoms in total. The molecule has 61 heavy (non-hydrogen) atoms. The minimum absolute atomic E-state index is 0.0508. The predicted octanol–water partition coefficient (Wildman–Crippen LogP) is 8.81. The van der Waals surface area contributed by atoms with Gasteiger partial charge in [0.05, 0.1) is 0 Å². The summed E-state index contributed by atoms with van der Waals surface area (Å²) in [7, 11) is 0. The van der Waals surface area contributed by atoms with Gasteiger partial charge < -0.3 is 0 Å². The van der Waals surface area contributed by atoms with Crippen molar-refractivity contribution in [3.05, 3.63) is 47.0 Å². The quantitative estimate of drug-likeness (QED) is 0.133. The summed E-state index contributed by atoms with van der Waals surface area (Å²) in [5.41, 5.74) is 11.1. The summed E-state index contributed by atoms with van der Waals surface area (Å²) in [6.07, 6.45) is 22.1. The molecule has 0 aromatic carbocycles. The van der Waals surface area contributed by atoms with Crippen molar-refractivity contribution in [2.24, 2.45) is 69.0 Å². The van der Waals surface area contributed by atoms with E-state index in [1.54, 1.807) is 0 Å². The molecule has 4 aromatic heterocycles. The number of rotatable bonds is 8. The summed E-state index contributed by atoms with van der Waals surface area (Å²) >= 11 is 0. The Morgan fingerprint density at radius 2 is 0.590 bits per heavy atom. The second kappa shape index (κ2) is 11.8. The maximum absolute atomic E-state index is 5.72. The lowest BCUT2D eigenvalue weighted by Gasteiger charge is -2.66. The van der Waals surface area contributed by atoms with Gasteiger partial charge in [0.25, 0.3) is 0 Å². The fraction of sp³-hybridized carbons (Fsp3) is 0.769. The Bertz CT molecular complexity index is 2080. The molecule has 8 bridgehead atoms. The minimum atomic E-state index is -2.16. The van der Waals surface area contributed by atoms with E-state index in [-0.39, 0.29) is 43.3 Å². The Morgan fingerprint density at radius 3 is 0.770 bits per heavy atom. The first-order chi connectivity index (χ1) is 28.7. The molecule has 4 heterocycles. The van der Waals surface area contributed by atoms with E-state index in [0.717, 1.165) is 46.0 Å². The molecule has 12 aliphatic rings. The maximum Gasteiger partial charge on any atom is 0.198 e. The van der Waals surface area contributed by atoms with Crippen LogP contribution in [-0.2, 0) is 21.7 Å². The maximum atomic E-state index is 5.72. The van der Waals surface area contributed by atoms with Gasteiger partial charge >= 0.3 is 0 Å². The van der Waals surface area contributed by atoms with Crippen LogP contribution in [0.4, 0.5) is 0 Å². The fourth-order valence-corrected chi connectivity index (χ4v) is 19.4. The van der Waals surface area contributed by atoms with E-state index in [1.165, 1.54) is 99.3 Å². The van der Waals surface area contributed by atoms with Gasteiger partial charge in [-0.1, -0.05) is 105 Å². The number of nitrogens with zero attached hydrogens (tertiary/aromatic N) is 4. The predicted molar refractivity (Wildman–Crippen MR) is 246 cm³/mol. The molecule has 0 aliphatic heterocycles. The highest BCUT2D eigenvalue weighted by Gasteiger charge is 2.66. The van der Waals surface area contributed by atoms with Gasteiger partial charge in [-0.05, 0) is 190 Å². The first kappa shape index (κ1) is 39.5. The van der Waals surface area contributed by atoms with Crippen LogP contribution in [0, 0.1) is 69.0 Å². The molecule has 12 aliphatic carbocycles. The Kier molecular flexibility index (Phi) is 7.62. The number of aromatic amines is 4. The highest BCUT2D eigenvalue weighted by atomic mass is 15.2. The fourth-order valence-electron chi connectivity index (χ4n) is 19.4. The first-order valence-electron chi connectivity index (χ1n) is 25.0. The van der Waals surface area contributed by atoms with Crippen molar-refractivity contribution in [2.45, 2.75) is 182 Å². The van der Waals surface area contributed by atoms with E-state index in [4.69, 9.17) is 20.4 Å². The highest BCUT2D eigenvalue weighted by Crippen LogP contribution is 2.70. The number of hydrogen-bond acceptors (Lipinski definition) is 4. The molecule has 0 spiro atoms. The van der Waals surface area contributed by atoms with Crippen LogP contribution < -0.4 is 22.4 Å². The highest BCUT2D eigenvalue weighted by molar-refractivity contribution is 7.19. The summed E-state index contributed by atoms with van der Waals surface area (Å²) in [5.74, 6) is 5.51. The number of nitrogens with one attached hydrogen (secondary N) is 4. The van der Waals surface area contributed by atoms with Crippen molar-refractivity contribution < 1.29 is 0 Å². The minimum Gasteiger partial charge on any atom is -0.289 e. The van der Waals surface area contributed by atoms with Crippen LogP contribution in [0.1, 0.15) is 182 Å². The van der Waals surface area contributed by atoms with Gasteiger partial charge in [-0.25, -0.2) is 20.4 Å². The zero-order chi connectivity index (χ0) is 42.7. The van der Waals surface area contributed by atoms with Crippen molar-refractivity contribution in [1.29, 1.82) is 0 Å². The van der Waals surface area contributed by atoms with E-state index in [1.807, 2.05) is 0 Å². The summed E-state index contributed by atoms with van der Waals surface area (Å²) in [5, 5.41) is 37.4. The van der Waals surface area contributed by atoms with Crippen molar-refractivity contribution in [3.63, 3.8) is 0 Å². The third-order valence-electron chi connectivity index (χ3n) is 23.8. The third-order valence-corrected chi connectivity index (χ3v) is 23.8. The van der Waals surface area contributed by atoms with Gasteiger partial charge in [0.15, 0.2) is 6.15 Å². The van der Waals surface area contributed by atoms with Crippen LogP contribution in [0.25, 0.3) is 0 Å². The van der Waals surface area contributed by atoms with Crippen LogP contribution in [-0.4, -0.2) is 46.9 Å². The average Bonchev–Trinajstić information content (AvgIpc) is 4.06. The van der Waals surface area contributed by atoms with E-state index in [2.05, 4.69) is 128 Å². The van der Waals surface area contributed by atoms with Crippen molar-refractivity contribution >= 4 is 28.5 Å². The van der Waals surface area contributed by atoms with Crippen LogP contribution in [0.5, 0.6) is 0 Å². The average molecular weight is 824 g/mol. The lowest BCUT2D eigenvalue weighted by Crippen LogP contribution is -2.81. The van der Waals surface area contributed by atoms with Crippen LogP contribution in [0.3, 0.4) is 0 Å². The lowest BCUT2D eigenvalue weighted by atomic mass is 9.14. The van der Waals surface area contributed by atoms with Crippen molar-refractivity contribution in [3.8, 4) is 0 Å². The largest absolute Gasteiger partial charge is 0.289 e. The van der Waals surface area contributed by atoms with Gasteiger partial charge in [-0.2, -0.15) is 0 Å². The van der Waals surface area contributed by atoms with Crippen LogP contribution >= 0.6 is 0 Å². The number of aromatic nitrogens is 8. The molecule has 12 fully saturated rings. The van der Waals surface area contributed by atoms with Gasteiger partial charge in [-0.15, -0.1) is 0 Å². The standard InChI is InChI=1S/C52H76BN8/c1-45(2)29-13-17-49(9,37(45)21-29)33-25-54-58-41(33)53(42-34(26-55-59-42)50(10)18-14-30-22-38(50)46(30,3)4,43-35(27-56-60-43)51(11)19-15-31-23-39(51)47(31,5)6)44-36(28-57-61-44)52(12)20-16-32-24-40(52)48(32,7)8/h25-32,37-40H,13-24H2,1-12H3,(H,54,58)(H,55,59)(H,56,60)(H,57,61)/q-1. The molecule has 0 radical (unpaired) electrons. The first-order valence-corrected chi connectivity index (χ1v) is 25.0. The van der Waals surface area contributed by atoms with E-state index in [0.29, 0.717) is 23.7 Å². The number of H-pyrrole nitrogens is 4. The molecule has 4 aromatic rings. The second-order valence-electron chi connectivity index (χ2n) is 26.7. The normalized spacial score (nSPS) is 43.9.